The third-order valence-electron chi connectivity index (χ3n) is 2.90. The third-order valence-corrected chi connectivity index (χ3v) is 2.90. The number of hydrogen-bond donors (Lipinski definition) is 1. The lowest BCUT2D eigenvalue weighted by Gasteiger charge is -2.05. The van der Waals surface area contributed by atoms with Crippen LogP contribution in [0.5, 0.6) is 11.5 Å². The van der Waals surface area contributed by atoms with Crippen LogP contribution >= 0.6 is 0 Å². The van der Waals surface area contributed by atoms with E-state index in [-0.39, 0.29) is 11.5 Å². The molecule has 0 radical (unpaired) electrons. The number of phenols is 1. The molecule has 2 aromatic carbocycles. The van der Waals surface area contributed by atoms with E-state index < -0.39 is 0 Å². The Morgan fingerprint density at radius 2 is 1.78 bits per heavy atom. The smallest absolute Gasteiger partial charge is 0.181 e. The van der Waals surface area contributed by atoms with Gasteiger partial charge in [0.15, 0.2) is 5.75 Å². The van der Waals surface area contributed by atoms with Gasteiger partial charge in [-0.05, 0) is 42.5 Å². The Labute approximate surface area is 103 Å². The van der Waals surface area contributed by atoms with E-state index in [2.05, 4.69) is 4.94 Å². The number of benzene rings is 2. The maximum absolute atomic E-state index is 12.4. The maximum Gasteiger partial charge on any atom is 0.181 e. The summed E-state index contributed by atoms with van der Waals surface area (Å²) in [7, 11) is 0. The molecule has 0 amide bonds. The van der Waals surface area contributed by atoms with Crippen LogP contribution < -0.4 is 4.94 Å². The fourth-order valence-electron chi connectivity index (χ4n) is 2.05. The lowest BCUT2D eigenvalue weighted by atomic mass is 10.2. The monoisotopic (exact) mass is 243 g/mol. The molecular weight excluding hydrogens is 233 g/mol. The molecule has 0 bridgehead atoms. The fraction of sp³-hybridized carbons (Fsp3) is 0. The summed E-state index contributed by atoms with van der Waals surface area (Å²) in [5.41, 5.74) is 1.73. The van der Waals surface area contributed by atoms with Gasteiger partial charge in [0, 0.05) is 21.8 Å². The number of aromatic hydroxyl groups is 1. The largest absolute Gasteiger partial charge is 0.508 e. The lowest BCUT2D eigenvalue weighted by Crippen LogP contribution is -1.90. The van der Waals surface area contributed by atoms with Gasteiger partial charge in [0.05, 0.1) is 5.52 Å². The van der Waals surface area contributed by atoms with Gasteiger partial charge in [0.2, 0.25) is 0 Å². The zero-order valence-electron chi connectivity index (χ0n) is 9.38. The van der Waals surface area contributed by atoms with Gasteiger partial charge in [-0.3, -0.25) is 4.94 Å². The predicted molar refractivity (Wildman–Crippen MR) is 66.7 cm³/mol. The summed E-state index contributed by atoms with van der Waals surface area (Å²) in [5.74, 6) is 0.410. The molecule has 18 heavy (non-hydrogen) atoms. The van der Waals surface area contributed by atoms with Gasteiger partial charge in [-0.1, -0.05) is 6.07 Å². The fourth-order valence-corrected chi connectivity index (χ4v) is 2.05. The van der Waals surface area contributed by atoms with Gasteiger partial charge in [0.1, 0.15) is 5.75 Å². The molecule has 0 aliphatic heterocycles. The van der Waals surface area contributed by atoms with Crippen molar-refractivity contribution in [2.75, 3.05) is 0 Å². The molecule has 1 aromatic heterocycles. The molecule has 0 fully saturated rings. The number of aromatic nitrogens is 1. The minimum atomic E-state index is 0.199. The second-order valence-corrected chi connectivity index (χ2v) is 3.97. The van der Waals surface area contributed by atoms with E-state index in [9.17, 15) is 9.63 Å². The van der Waals surface area contributed by atoms with Gasteiger partial charge in [-0.2, -0.15) is 0 Å². The highest BCUT2D eigenvalue weighted by atomic mass is 19.3. The topological polar surface area (TPSA) is 34.4 Å². The highest BCUT2D eigenvalue weighted by Crippen LogP contribution is 2.29. The number of fused-ring (bicyclic) bond motifs is 1. The van der Waals surface area contributed by atoms with Crippen molar-refractivity contribution in [2.24, 2.45) is 0 Å². The summed E-state index contributed by atoms with van der Waals surface area (Å²) in [4.78, 5) is 3.84. The normalized spacial score (nSPS) is 10.7. The Morgan fingerprint density at radius 3 is 2.50 bits per heavy atom. The van der Waals surface area contributed by atoms with E-state index in [4.69, 9.17) is 0 Å². The highest BCUT2D eigenvalue weighted by molar-refractivity contribution is 5.87. The van der Waals surface area contributed by atoms with Crippen LogP contribution in [0.4, 0.5) is 4.53 Å². The van der Waals surface area contributed by atoms with Crippen molar-refractivity contribution < 1.29 is 14.6 Å². The SMILES string of the molecule is Oc1ccc(-n2ccc3c(OF)cccc32)cc1. The zero-order chi connectivity index (χ0) is 12.5. The minimum absolute atomic E-state index is 0.199. The van der Waals surface area contributed by atoms with Crippen LogP contribution in [0.3, 0.4) is 0 Å². The Balaban J connectivity index is 2.21. The highest BCUT2D eigenvalue weighted by Gasteiger charge is 2.08. The van der Waals surface area contributed by atoms with Crippen molar-refractivity contribution in [2.45, 2.75) is 0 Å². The number of hydrogen-bond acceptors (Lipinski definition) is 2. The Morgan fingerprint density at radius 1 is 1.00 bits per heavy atom. The molecule has 0 aliphatic rings. The first-order valence-corrected chi connectivity index (χ1v) is 5.47. The summed E-state index contributed by atoms with van der Waals surface area (Å²) in [6.07, 6.45) is 1.83. The molecule has 0 unspecified atom stereocenters. The van der Waals surface area contributed by atoms with E-state index in [1.165, 1.54) is 0 Å². The summed E-state index contributed by atoms with van der Waals surface area (Å²) in [5, 5.41) is 9.97. The van der Waals surface area contributed by atoms with Crippen molar-refractivity contribution in [3.8, 4) is 17.2 Å². The van der Waals surface area contributed by atoms with Crippen LogP contribution in [-0.2, 0) is 0 Å². The number of phenolic OH excluding ortho intramolecular Hbond substituents is 1. The van der Waals surface area contributed by atoms with E-state index in [1.54, 1.807) is 42.5 Å². The molecule has 4 heteroatoms. The minimum Gasteiger partial charge on any atom is -0.508 e. The second kappa shape index (κ2) is 4.07. The Kier molecular flexibility index (Phi) is 2.41. The van der Waals surface area contributed by atoms with E-state index in [0.717, 1.165) is 11.2 Å². The van der Waals surface area contributed by atoms with Gasteiger partial charge in [-0.15, -0.1) is 0 Å². The molecule has 3 rings (SSSR count). The lowest BCUT2D eigenvalue weighted by molar-refractivity contribution is -0.00422. The molecule has 90 valence electrons. The number of rotatable bonds is 2. The van der Waals surface area contributed by atoms with Gasteiger partial charge < -0.3 is 9.67 Å². The molecular formula is C14H10FNO2. The van der Waals surface area contributed by atoms with Crippen LogP contribution in [0.1, 0.15) is 0 Å². The molecule has 3 nitrogen and oxygen atoms in total. The average molecular weight is 243 g/mol. The van der Waals surface area contributed by atoms with Crippen LogP contribution in [0.25, 0.3) is 16.6 Å². The molecule has 0 atom stereocenters. The van der Waals surface area contributed by atoms with E-state index >= 15 is 0 Å². The predicted octanol–water partition coefficient (Wildman–Crippen LogP) is 3.60. The van der Waals surface area contributed by atoms with Crippen molar-refractivity contribution in [3.63, 3.8) is 0 Å². The van der Waals surface area contributed by atoms with Crippen LogP contribution in [0, 0.1) is 0 Å². The van der Waals surface area contributed by atoms with Crippen molar-refractivity contribution in [3.05, 3.63) is 54.7 Å². The van der Waals surface area contributed by atoms with Gasteiger partial charge >= 0.3 is 0 Å². The van der Waals surface area contributed by atoms with E-state index in [1.807, 2.05) is 16.8 Å². The summed E-state index contributed by atoms with van der Waals surface area (Å²) >= 11 is 0. The average Bonchev–Trinajstić information content (AvgIpc) is 2.83. The molecule has 0 saturated carbocycles. The first-order valence-electron chi connectivity index (χ1n) is 5.47. The quantitative estimate of drug-likeness (QED) is 0.746. The summed E-state index contributed by atoms with van der Waals surface area (Å²) in [6.45, 7) is 0. The zero-order valence-corrected chi connectivity index (χ0v) is 9.38. The van der Waals surface area contributed by atoms with Crippen molar-refractivity contribution in [1.82, 2.24) is 4.57 Å². The van der Waals surface area contributed by atoms with Gasteiger partial charge in [0.25, 0.3) is 0 Å². The van der Waals surface area contributed by atoms with Gasteiger partial charge in [-0.25, -0.2) is 0 Å². The molecule has 0 spiro atoms. The molecule has 0 aliphatic carbocycles. The standard InChI is InChI=1S/C14H10FNO2/c15-18-14-3-1-2-13-12(14)8-9-16(13)10-4-6-11(17)7-5-10/h1-9,17H. The van der Waals surface area contributed by atoms with E-state index in [0.29, 0.717) is 5.39 Å². The molecule has 0 saturated heterocycles. The van der Waals surface area contributed by atoms with Crippen molar-refractivity contribution >= 4 is 10.9 Å². The van der Waals surface area contributed by atoms with Crippen LogP contribution in [0.15, 0.2) is 54.7 Å². The Hall–Kier alpha value is -2.49. The first-order chi connectivity index (χ1) is 8.79. The second-order valence-electron chi connectivity index (χ2n) is 3.97. The number of nitrogens with zero attached hydrogens (tertiary/aromatic N) is 1. The number of halogens is 1. The summed E-state index contributed by atoms with van der Waals surface area (Å²) < 4.78 is 14.3. The van der Waals surface area contributed by atoms with Crippen LogP contribution in [-0.4, -0.2) is 9.67 Å². The first kappa shape index (κ1) is 10.7. The summed E-state index contributed by atoms with van der Waals surface area (Å²) in [6, 6.07) is 13.8. The molecule has 1 N–H and O–H groups in total. The van der Waals surface area contributed by atoms with Crippen LogP contribution in [0.2, 0.25) is 0 Å². The van der Waals surface area contributed by atoms with Crippen molar-refractivity contribution in [1.29, 1.82) is 0 Å². The molecule has 1 heterocycles. The Bertz CT molecular complexity index is 689. The maximum atomic E-state index is 12.4. The third kappa shape index (κ3) is 1.59. The molecule has 3 aromatic rings.